The van der Waals surface area contributed by atoms with Crippen molar-refractivity contribution in [2.45, 2.75) is 65.8 Å². The Morgan fingerprint density at radius 2 is 1.44 bits per heavy atom. The summed E-state index contributed by atoms with van der Waals surface area (Å²) in [7, 11) is 0. The lowest BCUT2D eigenvalue weighted by atomic mass is 10.0. The molecule has 1 atom stereocenters. The van der Waals surface area contributed by atoms with Crippen LogP contribution in [0.4, 0.5) is 0 Å². The summed E-state index contributed by atoms with van der Waals surface area (Å²) >= 11 is 0. The van der Waals surface area contributed by atoms with E-state index in [2.05, 4.69) is 24.5 Å². The first-order valence-electron chi connectivity index (χ1n) is 7.23. The summed E-state index contributed by atoms with van der Waals surface area (Å²) in [6.07, 6.45) is 6.93. The third-order valence-corrected chi connectivity index (χ3v) is 3.18. The topological polar surface area (TPSA) is 24.1 Å². The van der Waals surface area contributed by atoms with E-state index in [1.54, 1.807) is 0 Å². The Morgan fingerprint density at radius 1 is 0.812 bits per heavy atom. The van der Waals surface area contributed by atoms with E-state index >= 15 is 0 Å². The van der Waals surface area contributed by atoms with Crippen LogP contribution >= 0.6 is 0 Å². The molecule has 98 valence electrons. The highest BCUT2D eigenvalue weighted by atomic mass is 14.9. The zero-order valence-electron chi connectivity index (χ0n) is 11.8. The van der Waals surface area contributed by atoms with Crippen LogP contribution in [0.15, 0.2) is 0 Å². The minimum Gasteiger partial charge on any atom is -0.317 e. The van der Waals surface area contributed by atoms with Gasteiger partial charge in [-0.3, -0.25) is 0 Å². The Morgan fingerprint density at radius 3 is 1.69 bits per heavy atom. The zero-order valence-corrected chi connectivity index (χ0v) is 11.8. The van der Waals surface area contributed by atoms with Crippen molar-refractivity contribution in [2.24, 2.45) is 5.92 Å². The van der Waals surface area contributed by atoms with Crippen LogP contribution in [-0.4, -0.2) is 25.7 Å². The molecule has 2 saturated heterocycles. The van der Waals surface area contributed by atoms with Gasteiger partial charge in [-0.2, -0.15) is 0 Å². The second-order valence-corrected chi connectivity index (χ2v) is 4.78. The van der Waals surface area contributed by atoms with E-state index in [9.17, 15) is 0 Å². The van der Waals surface area contributed by atoms with E-state index < -0.39 is 0 Å². The molecule has 2 heterocycles. The van der Waals surface area contributed by atoms with E-state index in [-0.39, 0.29) is 0 Å². The molecule has 2 rings (SSSR count). The molecule has 0 aromatic rings. The lowest BCUT2D eigenvalue weighted by Gasteiger charge is -2.18. The Kier molecular flexibility index (Phi) is 11.3. The van der Waals surface area contributed by atoms with Crippen LogP contribution in [0.2, 0.25) is 0 Å². The van der Waals surface area contributed by atoms with Gasteiger partial charge in [0, 0.05) is 6.04 Å². The summed E-state index contributed by atoms with van der Waals surface area (Å²) < 4.78 is 0. The van der Waals surface area contributed by atoms with Crippen molar-refractivity contribution in [1.29, 1.82) is 0 Å². The summed E-state index contributed by atoms with van der Waals surface area (Å²) in [5.41, 5.74) is 0. The maximum Gasteiger partial charge on any atom is 0.00387 e. The van der Waals surface area contributed by atoms with Gasteiger partial charge in [-0.05, 0) is 58.2 Å². The molecule has 0 aromatic carbocycles. The molecule has 0 bridgehead atoms. The van der Waals surface area contributed by atoms with Gasteiger partial charge in [0.1, 0.15) is 0 Å². The van der Waals surface area contributed by atoms with Gasteiger partial charge in [-0.25, -0.2) is 0 Å². The molecule has 2 aliphatic rings. The molecule has 2 heteroatoms. The fourth-order valence-electron chi connectivity index (χ4n) is 1.99. The quantitative estimate of drug-likeness (QED) is 0.665. The first kappa shape index (κ1) is 15.9. The molecule has 16 heavy (non-hydrogen) atoms. The summed E-state index contributed by atoms with van der Waals surface area (Å²) in [5.74, 6) is 0.973. The Balaban J connectivity index is 0.000000244. The molecule has 0 amide bonds. The molecule has 2 aliphatic heterocycles. The molecule has 0 radical (unpaired) electrons. The van der Waals surface area contributed by atoms with E-state index in [1.807, 2.05) is 13.8 Å². The summed E-state index contributed by atoms with van der Waals surface area (Å²) in [4.78, 5) is 0. The molecular weight excluding hydrogens is 196 g/mol. The van der Waals surface area contributed by atoms with Crippen LogP contribution in [-0.2, 0) is 0 Å². The van der Waals surface area contributed by atoms with Crippen LogP contribution in [0, 0.1) is 5.92 Å². The molecule has 0 aliphatic carbocycles. The summed E-state index contributed by atoms with van der Waals surface area (Å²) in [6.45, 7) is 12.3. The van der Waals surface area contributed by atoms with Crippen LogP contribution < -0.4 is 10.6 Å². The SMILES string of the molecule is CC.CC1CCCCN1.CC1CCNCC1. The monoisotopic (exact) mass is 228 g/mol. The highest BCUT2D eigenvalue weighted by Crippen LogP contribution is 2.08. The summed E-state index contributed by atoms with van der Waals surface area (Å²) in [6, 6.07) is 0.786. The average Bonchev–Trinajstić information content (AvgIpc) is 2.34. The number of rotatable bonds is 0. The molecule has 0 spiro atoms. The predicted molar refractivity (Wildman–Crippen MR) is 73.9 cm³/mol. The minimum absolute atomic E-state index is 0.786. The summed E-state index contributed by atoms with van der Waals surface area (Å²) in [5, 5.41) is 6.70. The molecule has 0 aromatic heterocycles. The number of hydrogen-bond donors (Lipinski definition) is 2. The molecular formula is C14H32N2. The van der Waals surface area contributed by atoms with Gasteiger partial charge in [-0.15, -0.1) is 0 Å². The highest BCUT2D eigenvalue weighted by molar-refractivity contribution is 4.65. The van der Waals surface area contributed by atoms with Crippen molar-refractivity contribution in [1.82, 2.24) is 10.6 Å². The first-order chi connectivity index (χ1) is 7.79. The lowest BCUT2D eigenvalue weighted by Crippen LogP contribution is -2.30. The van der Waals surface area contributed by atoms with Gasteiger partial charge in [-0.1, -0.05) is 27.2 Å². The van der Waals surface area contributed by atoms with Crippen LogP contribution in [0.25, 0.3) is 0 Å². The van der Waals surface area contributed by atoms with Gasteiger partial charge < -0.3 is 10.6 Å². The standard InChI is InChI=1S/2C6H13N.C2H6/c1-6-2-4-7-5-3-6;1-6-4-2-3-5-7-6;1-2/h2*6-7H,2-5H2,1H3;1-2H3. The second-order valence-electron chi connectivity index (χ2n) is 4.78. The lowest BCUT2D eigenvalue weighted by molar-refractivity contribution is 0.402. The van der Waals surface area contributed by atoms with Crippen LogP contribution in [0.3, 0.4) is 0 Å². The predicted octanol–water partition coefficient (Wildman–Crippen LogP) is 3.18. The third-order valence-electron chi connectivity index (χ3n) is 3.18. The van der Waals surface area contributed by atoms with Gasteiger partial charge in [0.2, 0.25) is 0 Å². The van der Waals surface area contributed by atoms with Crippen LogP contribution in [0.5, 0.6) is 0 Å². The Hall–Kier alpha value is -0.0800. The van der Waals surface area contributed by atoms with E-state index in [1.165, 1.54) is 51.7 Å². The fraction of sp³-hybridized carbons (Fsp3) is 1.00. The van der Waals surface area contributed by atoms with Crippen LogP contribution in [0.1, 0.15) is 59.8 Å². The number of piperidine rings is 2. The van der Waals surface area contributed by atoms with Crippen molar-refractivity contribution in [3.63, 3.8) is 0 Å². The second kappa shape index (κ2) is 11.4. The molecule has 2 N–H and O–H groups in total. The van der Waals surface area contributed by atoms with Crippen molar-refractivity contribution in [3.05, 3.63) is 0 Å². The minimum atomic E-state index is 0.786. The molecule has 2 fully saturated rings. The zero-order chi connectivity index (χ0) is 12.2. The van der Waals surface area contributed by atoms with Crippen molar-refractivity contribution in [3.8, 4) is 0 Å². The maximum absolute atomic E-state index is 3.38. The Bertz CT molecular complexity index is 109. The molecule has 1 unspecified atom stereocenters. The van der Waals surface area contributed by atoms with Gasteiger partial charge in [0.15, 0.2) is 0 Å². The normalized spacial score (nSPS) is 25.9. The van der Waals surface area contributed by atoms with E-state index in [0.29, 0.717) is 0 Å². The van der Waals surface area contributed by atoms with Gasteiger partial charge >= 0.3 is 0 Å². The average molecular weight is 228 g/mol. The third kappa shape index (κ3) is 9.17. The van der Waals surface area contributed by atoms with Gasteiger partial charge in [0.05, 0.1) is 0 Å². The molecule has 0 saturated carbocycles. The molecule has 2 nitrogen and oxygen atoms in total. The maximum atomic E-state index is 3.38. The van der Waals surface area contributed by atoms with E-state index in [4.69, 9.17) is 0 Å². The van der Waals surface area contributed by atoms with E-state index in [0.717, 1.165) is 12.0 Å². The smallest absolute Gasteiger partial charge is 0.00387 e. The van der Waals surface area contributed by atoms with Crippen molar-refractivity contribution in [2.75, 3.05) is 19.6 Å². The highest BCUT2D eigenvalue weighted by Gasteiger charge is 2.05. The number of hydrogen-bond acceptors (Lipinski definition) is 2. The first-order valence-corrected chi connectivity index (χ1v) is 7.23. The largest absolute Gasteiger partial charge is 0.317 e. The van der Waals surface area contributed by atoms with Crippen molar-refractivity contribution >= 4 is 0 Å². The van der Waals surface area contributed by atoms with Crippen molar-refractivity contribution < 1.29 is 0 Å². The Labute approximate surface area is 103 Å². The van der Waals surface area contributed by atoms with Gasteiger partial charge in [0.25, 0.3) is 0 Å². The fourth-order valence-corrected chi connectivity index (χ4v) is 1.99. The number of nitrogens with one attached hydrogen (secondary N) is 2.